The quantitative estimate of drug-likeness (QED) is 0.862. The van der Waals surface area contributed by atoms with Crippen molar-refractivity contribution < 1.29 is 13.2 Å². The Bertz CT molecular complexity index is 489. The van der Waals surface area contributed by atoms with E-state index in [4.69, 9.17) is 10.5 Å². The second-order valence-corrected chi connectivity index (χ2v) is 6.64. The first kappa shape index (κ1) is 12.4. The SMILES string of the molecule is CCOc1ccc(S(=O)(=O)C2(CN)CC2)cc1. The van der Waals surface area contributed by atoms with Gasteiger partial charge in [0, 0.05) is 6.54 Å². The van der Waals surface area contributed by atoms with Gasteiger partial charge in [-0.1, -0.05) is 0 Å². The molecular formula is C12H17NO3S. The van der Waals surface area contributed by atoms with Crippen molar-refractivity contribution in [2.45, 2.75) is 29.4 Å². The lowest BCUT2D eigenvalue weighted by Gasteiger charge is -2.14. The van der Waals surface area contributed by atoms with Crippen LogP contribution in [0.3, 0.4) is 0 Å². The molecule has 0 aliphatic heterocycles. The van der Waals surface area contributed by atoms with Gasteiger partial charge in [-0.2, -0.15) is 0 Å². The molecule has 94 valence electrons. The first-order valence-corrected chi connectivity index (χ1v) is 7.21. The van der Waals surface area contributed by atoms with E-state index in [1.54, 1.807) is 24.3 Å². The van der Waals surface area contributed by atoms with Crippen LogP contribution in [0.4, 0.5) is 0 Å². The van der Waals surface area contributed by atoms with Crippen LogP contribution in [0, 0.1) is 0 Å². The smallest absolute Gasteiger partial charge is 0.185 e. The summed E-state index contributed by atoms with van der Waals surface area (Å²) in [5.41, 5.74) is 5.57. The molecule has 1 aliphatic rings. The molecule has 0 aromatic heterocycles. The highest BCUT2D eigenvalue weighted by Gasteiger charge is 2.53. The average molecular weight is 255 g/mol. The van der Waals surface area contributed by atoms with Gasteiger partial charge in [-0.15, -0.1) is 0 Å². The maximum atomic E-state index is 12.3. The third kappa shape index (κ3) is 2.05. The predicted molar refractivity (Wildman–Crippen MR) is 65.8 cm³/mol. The summed E-state index contributed by atoms with van der Waals surface area (Å²) in [5, 5.41) is 0. The summed E-state index contributed by atoms with van der Waals surface area (Å²) >= 11 is 0. The number of hydrogen-bond donors (Lipinski definition) is 1. The van der Waals surface area contributed by atoms with Crippen molar-refractivity contribution in [3.63, 3.8) is 0 Å². The maximum absolute atomic E-state index is 12.3. The highest BCUT2D eigenvalue weighted by molar-refractivity contribution is 7.93. The second kappa shape index (κ2) is 4.31. The highest BCUT2D eigenvalue weighted by Crippen LogP contribution is 2.45. The van der Waals surface area contributed by atoms with Crippen molar-refractivity contribution in [1.29, 1.82) is 0 Å². The van der Waals surface area contributed by atoms with Crippen molar-refractivity contribution in [1.82, 2.24) is 0 Å². The first-order valence-electron chi connectivity index (χ1n) is 5.73. The summed E-state index contributed by atoms with van der Waals surface area (Å²) in [6.45, 7) is 2.65. The Morgan fingerprint density at radius 3 is 2.29 bits per heavy atom. The van der Waals surface area contributed by atoms with Crippen LogP contribution in [0.25, 0.3) is 0 Å². The molecule has 4 nitrogen and oxygen atoms in total. The zero-order valence-electron chi connectivity index (χ0n) is 9.85. The third-order valence-corrected chi connectivity index (χ3v) is 5.80. The van der Waals surface area contributed by atoms with E-state index in [2.05, 4.69) is 0 Å². The van der Waals surface area contributed by atoms with Gasteiger partial charge in [-0.3, -0.25) is 0 Å². The molecule has 0 radical (unpaired) electrons. The zero-order chi connectivity index (χ0) is 12.5. The number of hydrogen-bond acceptors (Lipinski definition) is 4. The lowest BCUT2D eigenvalue weighted by molar-refractivity contribution is 0.340. The molecule has 2 N–H and O–H groups in total. The molecule has 0 saturated heterocycles. The average Bonchev–Trinajstić information content (AvgIpc) is 3.11. The topological polar surface area (TPSA) is 69.4 Å². The van der Waals surface area contributed by atoms with E-state index >= 15 is 0 Å². The summed E-state index contributed by atoms with van der Waals surface area (Å²) in [4.78, 5) is 0.337. The van der Waals surface area contributed by atoms with E-state index in [9.17, 15) is 8.42 Å². The molecular weight excluding hydrogens is 238 g/mol. The third-order valence-electron chi connectivity index (χ3n) is 3.19. The molecule has 17 heavy (non-hydrogen) atoms. The summed E-state index contributed by atoms with van der Waals surface area (Å²) in [7, 11) is -3.29. The van der Waals surface area contributed by atoms with Crippen LogP contribution in [-0.4, -0.2) is 26.3 Å². The van der Waals surface area contributed by atoms with Gasteiger partial charge in [0.1, 0.15) is 5.75 Å². The Morgan fingerprint density at radius 1 is 1.29 bits per heavy atom. The predicted octanol–water partition coefficient (Wildman–Crippen LogP) is 1.35. The standard InChI is InChI=1S/C12H17NO3S/c1-2-16-10-3-5-11(6-4-10)17(14,15)12(9-13)7-8-12/h3-6H,2,7-9,13H2,1H3. The van der Waals surface area contributed by atoms with Gasteiger partial charge in [0.25, 0.3) is 0 Å². The second-order valence-electron chi connectivity index (χ2n) is 4.29. The normalized spacial score (nSPS) is 17.8. The van der Waals surface area contributed by atoms with Crippen LogP contribution >= 0.6 is 0 Å². The van der Waals surface area contributed by atoms with Gasteiger partial charge in [0.05, 0.1) is 16.2 Å². The van der Waals surface area contributed by atoms with Crippen LogP contribution in [0.1, 0.15) is 19.8 Å². The van der Waals surface area contributed by atoms with E-state index in [1.165, 1.54) is 0 Å². The van der Waals surface area contributed by atoms with Gasteiger partial charge in [-0.25, -0.2) is 8.42 Å². The van der Waals surface area contributed by atoms with Crippen molar-refractivity contribution in [3.8, 4) is 5.75 Å². The molecule has 1 saturated carbocycles. The maximum Gasteiger partial charge on any atom is 0.185 e. The van der Waals surface area contributed by atoms with Crippen molar-refractivity contribution in [3.05, 3.63) is 24.3 Å². The van der Waals surface area contributed by atoms with Crippen molar-refractivity contribution in [2.24, 2.45) is 5.73 Å². The van der Waals surface area contributed by atoms with Gasteiger partial charge < -0.3 is 10.5 Å². The molecule has 0 spiro atoms. The molecule has 5 heteroatoms. The molecule has 1 aromatic carbocycles. The highest BCUT2D eigenvalue weighted by atomic mass is 32.2. The van der Waals surface area contributed by atoms with E-state index < -0.39 is 14.6 Å². The minimum Gasteiger partial charge on any atom is -0.494 e. The van der Waals surface area contributed by atoms with Gasteiger partial charge in [-0.05, 0) is 44.0 Å². The number of sulfone groups is 1. The monoisotopic (exact) mass is 255 g/mol. The Labute approximate surface area is 102 Å². The summed E-state index contributed by atoms with van der Waals surface area (Å²) in [5.74, 6) is 0.684. The Balaban J connectivity index is 2.28. The zero-order valence-corrected chi connectivity index (χ0v) is 10.7. The largest absolute Gasteiger partial charge is 0.494 e. The molecule has 0 heterocycles. The molecule has 0 atom stereocenters. The molecule has 1 fully saturated rings. The Hall–Kier alpha value is -1.07. The van der Waals surface area contributed by atoms with Crippen LogP contribution < -0.4 is 10.5 Å². The van der Waals surface area contributed by atoms with E-state index in [0.29, 0.717) is 30.1 Å². The van der Waals surface area contributed by atoms with Gasteiger partial charge >= 0.3 is 0 Å². The fourth-order valence-corrected chi connectivity index (χ4v) is 3.71. The Kier molecular flexibility index (Phi) is 3.14. The lowest BCUT2D eigenvalue weighted by Crippen LogP contribution is -2.31. The van der Waals surface area contributed by atoms with E-state index in [-0.39, 0.29) is 6.54 Å². The number of ether oxygens (including phenoxy) is 1. The Morgan fingerprint density at radius 2 is 1.88 bits per heavy atom. The fourth-order valence-electron chi connectivity index (χ4n) is 1.85. The van der Waals surface area contributed by atoms with Crippen LogP contribution in [0.5, 0.6) is 5.75 Å². The summed E-state index contributed by atoms with van der Waals surface area (Å²) < 4.78 is 29.2. The molecule has 1 aliphatic carbocycles. The number of nitrogens with two attached hydrogens (primary N) is 1. The molecule has 0 bridgehead atoms. The lowest BCUT2D eigenvalue weighted by atomic mass is 10.3. The molecule has 0 unspecified atom stereocenters. The van der Waals surface area contributed by atoms with Gasteiger partial charge in [0.2, 0.25) is 0 Å². The molecule has 0 amide bonds. The van der Waals surface area contributed by atoms with Crippen LogP contribution in [0.15, 0.2) is 29.2 Å². The van der Waals surface area contributed by atoms with Crippen molar-refractivity contribution in [2.75, 3.05) is 13.2 Å². The minimum atomic E-state index is -3.29. The van der Waals surface area contributed by atoms with Crippen LogP contribution in [-0.2, 0) is 9.84 Å². The number of rotatable bonds is 5. The van der Waals surface area contributed by atoms with Crippen molar-refractivity contribution >= 4 is 9.84 Å². The molecule has 1 aromatic rings. The van der Waals surface area contributed by atoms with E-state index in [1.807, 2.05) is 6.92 Å². The number of benzene rings is 1. The summed E-state index contributed by atoms with van der Waals surface area (Å²) in [6, 6.07) is 6.55. The van der Waals surface area contributed by atoms with Crippen LogP contribution in [0.2, 0.25) is 0 Å². The summed E-state index contributed by atoms with van der Waals surface area (Å²) in [6.07, 6.45) is 1.33. The van der Waals surface area contributed by atoms with Gasteiger partial charge in [0.15, 0.2) is 9.84 Å². The molecule has 2 rings (SSSR count). The first-order chi connectivity index (χ1) is 8.05. The minimum absolute atomic E-state index is 0.197. The fraction of sp³-hybridized carbons (Fsp3) is 0.500. The van der Waals surface area contributed by atoms with E-state index in [0.717, 1.165) is 0 Å².